The zero-order chi connectivity index (χ0) is 15.9. The molecule has 0 atom stereocenters. The van der Waals surface area contributed by atoms with Crippen molar-refractivity contribution in [2.45, 2.75) is 32.1 Å². The van der Waals surface area contributed by atoms with Gasteiger partial charge in [0.2, 0.25) is 0 Å². The number of aromatic hydroxyl groups is 1. The largest absolute Gasteiger partial charge is 0.505 e. The molecule has 0 bridgehead atoms. The van der Waals surface area contributed by atoms with Crippen LogP contribution in [0, 0.1) is 5.82 Å². The highest BCUT2D eigenvalue weighted by molar-refractivity contribution is 7.99. The lowest BCUT2D eigenvalue weighted by atomic mass is 10.2. The van der Waals surface area contributed by atoms with Gasteiger partial charge in [-0.05, 0) is 44.7 Å². The summed E-state index contributed by atoms with van der Waals surface area (Å²) in [5.41, 5.74) is 0.714. The van der Waals surface area contributed by atoms with E-state index in [0.717, 1.165) is 13.1 Å². The Morgan fingerprint density at radius 2 is 2.10 bits per heavy atom. The number of guanidine groups is 1. The van der Waals surface area contributed by atoms with E-state index >= 15 is 0 Å². The SMILES string of the molecule is CCNC(=NCc1ccc(O)c(F)c1)NCC(C)(C)SC. The first-order chi connectivity index (χ1) is 9.88. The molecule has 0 fully saturated rings. The molecule has 0 radical (unpaired) electrons. The Bertz CT molecular complexity index is 492. The highest BCUT2D eigenvalue weighted by atomic mass is 32.2. The zero-order valence-corrected chi connectivity index (χ0v) is 13.9. The molecule has 0 aliphatic rings. The number of aliphatic imine (C=N–C) groups is 1. The number of halogens is 1. The number of nitrogens with one attached hydrogen (secondary N) is 2. The van der Waals surface area contributed by atoms with Crippen LogP contribution in [0.2, 0.25) is 0 Å². The molecule has 0 heterocycles. The maximum Gasteiger partial charge on any atom is 0.191 e. The highest BCUT2D eigenvalue weighted by Crippen LogP contribution is 2.19. The molecular weight excluding hydrogens is 289 g/mol. The summed E-state index contributed by atoms with van der Waals surface area (Å²) in [4.78, 5) is 4.43. The Balaban J connectivity index is 2.68. The molecule has 0 saturated heterocycles. The number of thioether (sulfide) groups is 1. The summed E-state index contributed by atoms with van der Waals surface area (Å²) >= 11 is 1.78. The number of phenols is 1. The maximum atomic E-state index is 13.3. The lowest BCUT2D eigenvalue weighted by Gasteiger charge is -2.23. The van der Waals surface area contributed by atoms with E-state index in [1.165, 1.54) is 12.1 Å². The quantitative estimate of drug-likeness (QED) is 0.558. The molecule has 0 unspecified atom stereocenters. The molecule has 0 aliphatic heterocycles. The first-order valence-electron chi connectivity index (χ1n) is 6.92. The van der Waals surface area contributed by atoms with Gasteiger partial charge < -0.3 is 15.7 Å². The van der Waals surface area contributed by atoms with Crippen LogP contribution in [0.1, 0.15) is 26.3 Å². The minimum Gasteiger partial charge on any atom is -0.505 e. The van der Waals surface area contributed by atoms with Crippen molar-refractivity contribution < 1.29 is 9.50 Å². The topological polar surface area (TPSA) is 56.7 Å². The molecule has 118 valence electrons. The summed E-state index contributed by atoms with van der Waals surface area (Å²) in [6, 6.07) is 4.31. The van der Waals surface area contributed by atoms with Crippen LogP contribution >= 0.6 is 11.8 Å². The van der Waals surface area contributed by atoms with Crippen molar-refractivity contribution in [1.29, 1.82) is 0 Å². The molecule has 21 heavy (non-hydrogen) atoms. The molecule has 0 spiro atoms. The van der Waals surface area contributed by atoms with Crippen LogP contribution in [-0.4, -0.2) is 35.2 Å². The van der Waals surface area contributed by atoms with Crippen LogP contribution < -0.4 is 10.6 Å². The molecule has 0 aromatic heterocycles. The normalized spacial score (nSPS) is 12.3. The van der Waals surface area contributed by atoms with Gasteiger partial charge in [0, 0.05) is 17.8 Å². The lowest BCUT2D eigenvalue weighted by Crippen LogP contribution is -2.43. The number of nitrogens with zero attached hydrogens (tertiary/aromatic N) is 1. The van der Waals surface area contributed by atoms with Crippen LogP contribution in [0.25, 0.3) is 0 Å². The molecule has 0 amide bonds. The van der Waals surface area contributed by atoms with Gasteiger partial charge in [-0.3, -0.25) is 0 Å². The summed E-state index contributed by atoms with van der Waals surface area (Å²) in [6.07, 6.45) is 2.07. The van der Waals surface area contributed by atoms with Crippen molar-refractivity contribution in [2.24, 2.45) is 4.99 Å². The molecule has 1 rings (SSSR count). The van der Waals surface area contributed by atoms with Gasteiger partial charge in [0.1, 0.15) is 0 Å². The number of benzene rings is 1. The molecule has 0 aliphatic carbocycles. The Labute approximate surface area is 130 Å². The van der Waals surface area contributed by atoms with Gasteiger partial charge in [0.15, 0.2) is 17.5 Å². The standard InChI is InChI=1S/C15H24FN3OS/c1-5-17-14(19-10-15(2,3)21-4)18-9-11-6-7-13(20)12(16)8-11/h6-8,20H,5,9-10H2,1-4H3,(H2,17,18,19). The molecule has 1 aromatic carbocycles. The summed E-state index contributed by atoms with van der Waals surface area (Å²) < 4.78 is 13.4. The predicted octanol–water partition coefficient (Wildman–Crippen LogP) is 2.73. The van der Waals surface area contributed by atoms with Gasteiger partial charge >= 0.3 is 0 Å². The number of hydrogen-bond donors (Lipinski definition) is 3. The monoisotopic (exact) mass is 313 g/mol. The first-order valence-corrected chi connectivity index (χ1v) is 8.15. The zero-order valence-electron chi connectivity index (χ0n) is 13.0. The maximum absolute atomic E-state index is 13.3. The van der Waals surface area contributed by atoms with E-state index in [9.17, 15) is 4.39 Å². The van der Waals surface area contributed by atoms with E-state index in [0.29, 0.717) is 18.1 Å². The van der Waals surface area contributed by atoms with E-state index in [1.54, 1.807) is 17.8 Å². The van der Waals surface area contributed by atoms with Crippen molar-refractivity contribution >= 4 is 17.7 Å². The van der Waals surface area contributed by atoms with Gasteiger partial charge in [-0.15, -0.1) is 0 Å². The van der Waals surface area contributed by atoms with E-state index in [1.807, 2.05) is 6.92 Å². The predicted molar refractivity (Wildman–Crippen MR) is 88.5 cm³/mol. The third kappa shape index (κ3) is 6.25. The first kappa shape index (κ1) is 17.6. The fourth-order valence-corrected chi connectivity index (χ4v) is 1.75. The van der Waals surface area contributed by atoms with Crippen LogP contribution in [-0.2, 0) is 6.54 Å². The van der Waals surface area contributed by atoms with Crippen molar-refractivity contribution in [2.75, 3.05) is 19.3 Å². The fraction of sp³-hybridized carbons (Fsp3) is 0.533. The Hall–Kier alpha value is -1.43. The van der Waals surface area contributed by atoms with Gasteiger partial charge in [-0.25, -0.2) is 9.38 Å². The second-order valence-electron chi connectivity index (χ2n) is 5.30. The Morgan fingerprint density at radius 3 is 2.67 bits per heavy atom. The Morgan fingerprint density at radius 1 is 1.38 bits per heavy atom. The van der Waals surface area contributed by atoms with Crippen LogP contribution in [0.3, 0.4) is 0 Å². The third-order valence-corrected chi connectivity index (χ3v) is 4.26. The second kappa shape index (κ2) is 8.12. The fourth-order valence-electron chi connectivity index (χ4n) is 1.53. The van der Waals surface area contributed by atoms with Gasteiger partial charge in [-0.2, -0.15) is 11.8 Å². The summed E-state index contributed by atoms with van der Waals surface area (Å²) in [7, 11) is 0. The van der Waals surface area contributed by atoms with Crippen molar-refractivity contribution in [1.82, 2.24) is 10.6 Å². The molecular formula is C15H24FN3OS. The average molecular weight is 313 g/mol. The van der Waals surface area contributed by atoms with Gasteiger partial charge in [0.25, 0.3) is 0 Å². The highest BCUT2D eigenvalue weighted by Gasteiger charge is 2.16. The molecule has 6 heteroatoms. The van der Waals surface area contributed by atoms with E-state index in [-0.39, 0.29) is 10.5 Å². The van der Waals surface area contributed by atoms with Crippen molar-refractivity contribution in [3.8, 4) is 5.75 Å². The smallest absolute Gasteiger partial charge is 0.191 e. The Kier molecular flexibility index (Phi) is 6.81. The van der Waals surface area contributed by atoms with E-state index < -0.39 is 5.82 Å². The van der Waals surface area contributed by atoms with E-state index in [2.05, 4.69) is 35.7 Å². The number of phenolic OH excluding ortho intramolecular Hbond substituents is 1. The van der Waals surface area contributed by atoms with E-state index in [4.69, 9.17) is 5.11 Å². The van der Waals surface area contributed by atoms with Crippen molar-refractivity contribution in [3.05, 3.63) is 29.6 Å². The molecule has 1 aromatic rings. The van der Waals surface area contributed by atoms with Crippen molar-refractivity contribution in [3.63, 3.8) is 0 Å². The third-order valence-electron chi connectivity index (χ3n) is 3.01. The number of rotatable bonds is 6. The molecule has 0 saturated carbocycles. The molecule has 4 nitrogen and oxygen atoms in total. The lowest BCUT2D eigenvalue weighted by molar-refractivity contribution is 0.432. The van der Waals surface area contributed by atoms with Crippen LogP contribution in [0.5, 0.6) is 5.75 Å². The minimum atomic E-state index is -0.621. The van der Waals surface area contributed by atoms with Crippen LogP contribution in [0.15, 0.2) is 23.2 Å². The minimum absolute atomic E-state index is 0.112. The number of hydrogen-bond acceptors (Lipinski definition) is 3. The van der Waals surface area contributed by atoms with Crippen LogP contribution in [0.4, 0.5) is 4.39 Å². The van der Waals surface area contributed by atoms with Gasteiger partial charge in [0.05, 0.1) is 6.54 Å². The summed E-state index contributed by atoms with van der Waals surface area (Å²) in [6.45, 7) is 8.20. The second-order valence-corrected chi connectivity index (χ2v) is 6.81. The van der Waals surface area contributed by atoms with Gasteiger partial charge in [-0.1, -0.05) is 6.07 Å². The molecule has 3 N–H and O–H groups in total. The summed E-state index contributed by atoms with van der Waals surface area (Å²) in [5, 5.41) is 15.6. The summed E-state index contributed by atoms with van der Waals surface area (Å²) in [5.74, 6) is -0.258. The average Bonchev–Trinajstić information content (AvgIpc) is 2.45.